The summed E-state index contributed by atoms with van der Waals surface area (Å²) in [4.78, 5) is 19.4. The first-order valence-electron chi connectivity index (χ1n) is 4.70. The highest BCUT2D eigenvalue weighted by Crippen LogP contribution is 2.20. The highest BCUT2D eigenvalue weighted by molar-refractivity contribution is 6.34. The standard InChI is InChI=1S/C11H7Cl2N3O/c12-7-3-1-2-4-8(7)16-11(17)9-5-14-6-10(13)15-9/h1-6H,(H,16,17). The third-order valence-corrected chi connectivity index (χ3v) is 2.47. The molecule has 0 saturated carbocycles. The van der Waals surface area contributed by atoms with E-state index in [9.17, 15) is 4.79 Å². The van der Waals surface area contributed by atoms with Crippen molar-refractivity contribution >= 4 is 34.8 Å². The smallest absolute Gasteiger partial charge is 0.275 e. The SMILES string of the molecule is O=C(Nc1ccccc1Cl)c1cncc(Cl)n1. The number of nitrogens with zero attached hydrogens (tertiary/aromatic N) is 2. The van der Waals surface area contributed by atoms with Crippen LogP contribution in [0.1, 0.15) is 10.5 Å². The highest BCUT2D eigenvalue weighted by Gasteiger charge is 2.10. The maximum absolute atomic E-state index is 11.8. The number of nitrogens with one attached hydrogen (secondary N) is 1. The van der Waals surface area contributed by atoms with Crippen molar-refractivity contribution in [1.29, 1.82) is 0 Å². The Morgan fingerprint density at radius 2 is 1.94 bits per heavy atom. The average Bonchev–Trinajstić information content (AvgIpc) is 2.32. The fourth-order valence-corrected chi connectivity index (χ4v) is 1.53. The summed E-state index contributed by atoms with van der Waals surface area (Å²) in [6, 6.07) is 6.92. The van der Waals surface area contributed by atoms with Crippen LogP contribution in [0.3, 0.4) is 0 Å². The lowest BCUT2D eigenvalue weighted by molar-refractivity contribution is 0.102. The number of halogens is 2. The Bertz CT molecular complexity index is 560. The largest absolute Gasteiger partial charge is 0.319 e. The number of hydrogen-bond donors (Lipinski definition) is 1. The van der Waals surface area contributed by atoms with Gasteiger partial charge in [0, 0.05) is 0 Å². The van der Waals surface area contributed by atoms with Gasteiger partial charge in [-0.2, -0.15) is 0 Å². The molecule has 17 heavy (non-hydrogen) atoms. The minimum absolute atomic E-state index is 0.136. The molecule has 0 spiro atoms. The summed E-state index contributed by atoms with van der Waals surface area (Å²) in [5.41, 5.74) is 0.651. The van der Waals surface area contributed by atoms with Crippen LogP contribution in [0.4, 0.5) is 5.69 Å². The van der Waals surface area contributed by atoms with Crippen LogP contribution in [-0.4, -0.2) is 15.9 Å². The van der Waals surface area contributed by atoms with E-state index in [0.717, 1.165) is 0 Å². The van der Waals surface area contributed by atoms with E-state index in [0.29, 0.717) is 10.7 Å². The fourth-order valence-electron chi connectivity index (χ4n) is 1.20. The van der Waals surface area contributed by atoms with Crippen molar-refractivity contribution in [3.63, 3.8) is 0 Å². The van der Waals surface area contributed by atoms with Crippen LogP contribution in [-0.2, 0) is 0 Å². The number of rotatable bonds is 2. The molecule has 1 amide bonds. The van der Waals surface area contributed by atoms with Gasteiger partial charge in [0.2, 0.25) is 0 Å². The van der Waals surface area contributed by atoms with Gasteiger partial charge in [-0.25, -0.2) is 4.98 Å². The number of aromatic nitrogens is 2. The van der Waals surface area contributed by atoms with E-state index in [1.165, 1.54) is 12.4 Å². The third-order valence-electron chi connectivity index (χ3n) is 1.96. The molecule has 1 heterocycles. The summed E-state index contributed by atoms with van der Waals surface area (Å²) in [6.07, 6.45) is 2.69. The second kappa shape index (κ2) is 5.12. The van der Waals surface area contributed by atoms with E-state index in [2.05, 4.69) is 15.3 Å². The monoisotopic (exact) mass is 267 g/mol. The van der Waals surface area contributed by atoms with Crippen LogP contribution in [0.15, 0.2) is 36.7 Å². The fraction of sp³-hybridized carbons (Fsp3) is 0. The highest BCUT2D eigenvalue weighted by atomic mass is 35.5. The molecule has 0 fully saturated rings. The zero-order valence-corrected chi connectivity index (χ0v) is 10.0. The van der Waals surface area contributed by atoms with Gasteiger partial charge in [-0.05, 0) is 12.1 Å². The number of hydrogen-bond acceptors (Lipinski definition) is 3. The molecule has 86 valence electrons. The van der Waals surface area contributed by atoms with Gasteiger partial charge in [0.15, 0.2) is 0 Å². The normalized spacial score (nSPS) is 10.0. The molecule has 0 aliphatic heterocycles. The lowest BCUT2D eigenvalue weighted by Crippen LogP contribution is -2.14. The molecule has 0 unspecified atom stereocenters. The van der Waals surface area contributed by atoms with Crippen LogP contribution in [0, 0.1) is 0 Å². The number of amides is 1. The molecule has 2 aromatic rings. The van der Waals surface area contributed by atoms with E-state index in [4.69, 9.17) is 23.2 Å². The molecule has 0 radical (unpaired) electrons. The van der Waals surface area contributed by atoms with E-state index >= 15 is 0 Å². The number of anilines is 1. The molecule has 0 aliphatic rings. The Hall–Kier alpha value is -1.65. The van der Waals surface area contributed by atoms with Crippen molar-refractivity contribution in [2.75, 3.05) is 5.32 Å². The molecule has 0 saturated heterocycles. The Labute approximate surface area is 108 Å². The van der Waals surface area contributed by atoms with E-state index in [1.54, 1.807) is 24.3 Å². The Morgan fingerprint density at radius 3 is 2.65 bits per heavy atom. The number of para-hydroxylation sites is 1. The van der Waals surface area contributed by atoms with Crippen molar-refractivity contribution in [3.05, 3.63) is 52.5 Å². The molecule has 1 N–H and O–H groups in total. The molecule has 0 aliphatic carbocycles. The summed E-state index contributed by atoms with van der Waals surface area (Å²) < 4.78 is 0. The molecule has 1 aromatic heterocycles. The average molecular weight is 268 g/mol. The summed E-state index contributed by atoms with van der Waals surface area (Å²) in [7, 11) is 0. The number of benzene rings is 1. The lowest BCUT2D eigenvalue weighted by Gasteiger charge is -2.05. The summed E-state index contributed by atoms with van der Waals surface area (Å²) >= 11 is 11.6. The molecule has 1 aromatic carbocycles. The van der Waals surface area contributed by atoms with E-state index in [-0.39, 0.29) is 10.8 Å². The first-order valence-corrected chi connectivity index (χ1v) is 5.46. The minimum atomic E-state index is -0.409. The first kappa shape index (κ1) is 11.8. The van der Waals surface area contributed by atoms with Crippen molar-refractivity contribution in [2.45, 2.75) is 0 Å². The summed E-state index contributed by atoms with van der Waals surface area (Å²) in [5, 5.41) is 3.24. The van der Waals surface area contributed by atoms with Crippen molar-refractivity contribution in [2.24, 2.45) is 0 Å². The van der Waals surface area contributed by atoms with Gasteiger partial charge in [0.05, 0.1) is 23.1 Å². The molecule has 4 nitrogen and oxygen atoms in total. The topological polar surface area (TPSA) is 54.9 Å². The zero-order chi connectivity index (χ0) is 12.3. The van der Waals surface area contributed by atoms with Crippen LogP contribution >= 0.6 is 23.2 Å². The maximum Gasteiger partial charge on any atom is 0.275 e. The Kier molecular flexibility index (Phi) is 3.56. The van der Waals surface area contributed by atoms with Crippen LogP contribution in [0.2, 0.25) is 10.2 Å². The van der Waals surface area contributed by atoms with Crippen LogP contribution < -0.4 is 5.32 Å². The summed E-state index contributed by atoms with van der Waals surface area (Å²) in [6.45, 7) is 0. The van der Waals surface area contributed by atoms with Gasteiger partial charge in [-0.15, -0.1) is 0 Å². The van der Waals surface area contributed by atoms with Gasteiger partial charge < -0.3 is 5.32 Å². The van der Waals surface area contributed by atoms with E-state index in [1.807, 2.05) is 0 Å². The molecule has 0 atom stereocenters. The number of carbonyl (C=O) groups excluding carboxylic acids is 1. The van der Waals surface area contributed by atoms with Gasteiger partial charge in [-0.1, -0.05) is 35.3 Å². The molecular formula is C11H7Cl2N3O. The van der Waals surface area contributed by atoms with Crippen molar-refractivity contribution in [1.82, 2.24) is 9.97 Å². The van der Waals surface area contributed by atoms with Gasteiger partial charge in [0.25, 0.3) is 5.91 Å². The predicted molar refractivity (Wildman–Crippen MR) is 66.4 cm³/mol. The second-order valence-electron chi connectivity index (χ2n) is 3.16. The quantitative estimate of drug-likeness (QED) is 0.910. The molecule has 6 heteroatoms. The van der Waals surface area contributed by atoms with Gasteiger partial charge >= 0.3 is 0 Å². The second-order valence-corrected chi connectivity index (χ2v) is 3.96. The Balaban J connectivity index is 2.20. The van der Waals surface area contributed by atoms with Gasteiger partial charge in [0.1, 0.15) is 10.8 Å². The third kappa shape index (κ3) is 2.93. The van der Waals surface area contributed by atoms with Crippen molar-refractivity contribution < 1.29 is 4.79 Å². The van der Waals surface area contributed by atoms with Crippen molar-refractivity contribution in [3.8, 4) is 0 Å². The minimum Gasteiger partial charge on any atom is -0.319 e. The molecular weight excluding hydrogens is 261 g/mol. The number of carbonyl (C=O) groups is 1. The first-order chi connectivity index (χ1) is 8.16. The zero-order valence-electron chi connectivity index (χ0n) is 8.52. The van der Waals surface area contributed by atoms with Gasteiger partial charge in [-0.3, -0.25) is 9.78 Å². The maximum atomic E-state index is 11.8. The van der Waals surface area contributed by atoms with Crippen LogP contribution in [0.5, 0.6) is 0 Å². The summed E-state index contributed by atoms with van der Waals surface area (Å²) in [5.74, 6) is -0.409. The molecule has 0 bridgehead atoms. The van der Waals surface area contributed by atoms with E-state index < -0.39 is 5.91 Å². The van der Waals surface area contributed by atoms with Crippen LogP contribution in [0.25, 0.3) is 0 Å². The lowest BCUT2D eigenvalue weighted by atomic mass is 10.3. The predicted octanol–water partition coefficient (Wildman–Crippen LogP) is 3.04. The Morgan fingerprint density at radius 1 is 1.18 bits per heavy atom. The molecule has 2 rings (SSSR count).